The summed E-state index contributed by atoms with van der Waals surface area (Å²) in [5.74, 6) is -0.991. The molecule has 0 radical (unpaired) electrons. The number of anilines is 1. The van der Waals surface area contributed by atoms with E-state index in [9.17, 15) is 15.2 Å². The molecule has 1 fully saturated rings. The van der Waals surface area contributed by atoms with Gasteiger partial charge in [-0.2, -0.15) is 10.4 Å². The molecule has 0 atom stereocenters. The van der Waals surface area contributed by atoms with Crippen molar-refractivity contribution < 1.29 is 9.90 Å². The maximum atomic E-state index is 11.3. The number of carbonyl (C=O) groups is 1. The summed E-state index contributed by atoms with van der Waals surface area (Å²) in [5.41, 5.74) is 2.60. The number of hydrogen-bond acceptors (Lipinski definition) is 5. The van der Waals surface area contributed by atoms with Crippen LogP contribution in [0.15, 0.2) is 12.4 Å². The van der Waals surface area contributed by atoms with Gasteiger partial charge in [0.15, 0.2) is 0 Å². The Morgan fingerprint density at radius 1 is 1.55 bits per heavy atom. The number of hydrogen-bond donors (Lipinski definition) is 3. The van der Waals surface area contributed by atoms with E-state index in [2.05, 4.69) is 21.8 Å². The maximum absolute atomic E-state index is 11.3. The van der Waals surface area contributed by atoms with Crippen LogP contribution in [0.4, 0.5) is 5.69 Å². The van der Waals surface area contributed by atoms with Gasteiger partial charge in [0.25, 0.3) is 0 Å². The van der Waals surface area contributed by atoms with Crippen LogP contribution in [0.2, 0.25) is 0 Å². The van der Waals surface area contributed by atoms with Crippen molar-refractivity contribution in [2.75, 3.05) is 18.4 Å². The Balaban J connectivity index is 2.12. The number of piperidine rings is 1. The van der Waals surface area contributed by atoms with Crippen LogP contribution in [-0.2, 0) is 0 Å². The SMILES string of the molecule is Cc1c(C(=O)O)cn2ncc(C#N)c(NC3CCNCC3)c12. The predicted molar refractivity (Wildman–Crippen MR) is 81.1 cm³/mol. The van der Waals surface area contributed by atoms with Crippen molar-refractivity contribution in [2.24, 2.45) is 0 Å². The lowest BCUT2D eigenvalue weighted by atomic mass is 10.0. The largest absolute Gasteiger partial charge is 0.478 e. The third-order valence-corrected chi connectivity index (χ3v) is 4.10. The number of carboxylic acids is 1. The highest BCUT2D eigenvalue weighted by molar-refractivity contribution is 5.95. The van der Waals surface area contributed by atoms with E-state index in [1.807, 2.05) is 0 Å². The molecule has 1 aliphatic heterocycles. The molecule has 22 heavy (non-hydrogen) atoms. The van der Waals surface area contributed by atoms with Gasteiger partial charge in [-0.05, 0) is 38.4 Å². The topological polar surface area (TPSA) is 102 Å². The minimum Gasteiger partial charge on any atom is -0.478 e. The van der Waals surface area contributed by atoms with Crippen molar-refractivity contribution in [1.82, 2.24) is 14.9 Å². The molecule has 0 amide bonds. The minimum absolute atomic E-state index is 0.205. The van der Waals surface area contributed by atoms with Crippen molar-refractivity contribution in [3.8, 4) is 6.07 Å². The third kappa shape index (κ3) is 2.38. The Morgan fingerprint density at radius 3 is 2.91 bits per heavy atom. The quantitative estimate of drug-likeness (QED) is 0.791. The Hall–Kier alpha value is -2.59. The molecule has 0 unspecified atom stereocenters. The Labute approximate surface area is 127 Å². The summed E-state index contributed by atoms with van der Waals surface area (Å²) in [6, 6.07) is 2.41. The fourth-order valence-electron chi connectivity index (χ4n) is 2.91. The average Bonchev–Trinajstić information content (AvgIpc) is 2.86. The molecule has 1 aliphatic rings. The number of fused-ring (bicyclic) bond motifs is 1. The van der Waals surface area contributed by atoms with Gasteiger partial charge < -0.3 is 15.7 Å². The van der Waals surface area contributed by atoms with Gasteiger partial charge in [-0.15, -0.1) is 0 Å². The van der Waals surface area contributed by atoms with Crippen LogP contribution in [0.25, 0.3) is 5.52 Å². The zero-order chi connectivity index (χ0) is 15.7. The Bertz CT molecular complexity index is 768. The average molecular weight is 299 g/mol. The van der Waals surface area contributed by atoms with E-state index in [-0.39, 0.29) is 11.6 Å². The van der Waals surface area contributed by atoms with Crippen LogP contribution in [0, 0.1) is 18.3 Å². The van der Waals surface area contributed by atoms with Gasteiger partial charge in [0.2, 0.25) is 0 Å². The van der Waals surface area contributed by atoms with Crippen LogP contribution in [0.5, 0.6) is 0 Å². The van der Waals surface area contributed by atoms with E-state index < -0.39 is 5.97 Å². The molecule has 2 aromatic heterocycles. The molecular weight excluding hydrogens is 282 g/mol. The van der Waals surface area contributed by atoms with Gasteiger partial charge in [0.05, 0.1) is 28.5 Å². The third-order valence-electron chi connectivity index (χ3n) is 4.10. The fraction of sp³-hybridized carbons (Fsp3) is 0.400. The Kier molecular flexibility index (Phi) is 3.69. The summed E-state index contributed by atoms with van der Waals surface area (Å²) in [7, 11) is 0. The van der Waals surface area contributed by atoms with E-state index in [1.54, 1.807) is 6.92 Å². The number of aryl methyl sites for hydroxylation is 1. The monoisotopic (exact) mass is 299 g/mol. The first-order chi connectivity index (χ1) is 10.6. The standard InChI is InChI=1S/C15H17N5O2/c1-9-12(15(21)22)8-20-14(9)13(10(6-16)7-18-20)19-11-2-4-17-5-3-11/h7-8,11,17,19H,2-5H2,1H3,(H,21,22). The number of carboxylic acid groups (broad SMARTS) is 1. The minimum atomic E-state index is -0.991. The molecular formula is C15H17N5O2. The molecule has 3 N–H and O–H groups in total. The van der Waals surface area contributed by atoms with Crippen molar-refractivity contribution in [3.05, 3.63) is 29.1 Å². The Morgan fingerprint density at radius 2 is 2.27 bits per heavy atom. The van der Waals surface area contributed by atoms with Gasteiger partial charge >= 0.3 is 5.97 Å². The van der Waals surface area contributed by atoms with Crippen LogP contribution in [0.1, 0.15) is 34.3 Å². The van der Waals surface area contributed by atoms with Crippen LogP contribution in [0.3, 0.4) is 0 Å². The van der Waals surface area contributed by atoms with E-state index in [1.165, 1.54) is 16.9 Å². The van der Waals surface area contributed by atoms with E-state index in [0.29, 0.717) is 22.3 Å². The highest BCUT2D eigenvalue weighted by Gasteiger charge is 2.21. The highest BCUT2D eigenvalue weighted by Crippen LogP contribution is 2.29. The molecule has 7 heteroatoms. The maximum Gasteiger partial charge on any atom is 0.337 e. The van der Waals surface area contributed by atoms with Gasteiger partial charge in [0, 0.05) is 12.2 Å². The molecule has 3 heterocycles. The number of nitrogens with zero attached hydrogens (tertiary/aromatic N) is 3. The van der Waals surface area contributed by atoms with Gasteiger partial charge in [0.1, 0.15) is 6.07 Å². The van der Waals surface area contributed by atoms with Crippen molar-refractivity contribution in [3.63, 3.8) is 0 Å². The van der Waals surface area contributed by atoms with Crippen molar-refractivity contribution >= 4 is 17.2 Å². The number of nitrogens with one attached hydrogen (secondary N) is 2. The lowest BCUT2D eigenvalue weighted by molar-refractivity contribution is 0.0696. The summed E-state index contributed by atoms with van der Waals surface area (Å²) in [6.07, 6.45) is 4.89. The van der Waals surface area contributed by atoms with Crippen molar-refractivity contribution in [1.29, 1.82) is 5.26 Å². The second-order valence-electron chi connectivity index (χ2n) is 5.48. The summed E-state index contributed by atoms with van der Waals surface area (Å²) >= 11 is 0. The van der Waals surface area contributed by atoms with Crippen molar-refractivity contribution in [2.45, 2.75) is 25.8 Å². The smallest absolute Gasteiger partial charge is 0.337 e. The van der Waals surface area contributed by atoms with Crippen LogP contribution >= 0.6 is 0 Å². The summed E-state index contributed by atoms with van der Waals surface area (Å²) < 4.78 is 1.53. The number of nitriles is 1. The second-order valence-corrected chi connectivity index (χ2v) is 5.48. The molecule has 0 aliphatic carbocycles. The molecule has 0 saturated carbocycles. The molecule has 0 spiro atoms. The number of aromatic carboxylic acids is 1. The van der Waals surface area contributed by atoms with Gasteiger partial charge in [-0.1, -0.05) is 0 Å². The zero-order valence-corrected chi connectivity index (χ0v) is 12.3. The van der Waals surface area contributed by atoms with E-state index >= 15 is 0 Å². The van der Waals surface area contributed by atoms with E-state index in [0.717, 1.165) is 25.9 Å². The summed E-state index contributed by atoms with van der Waals surface area (Å²) in [6.45, 7) is 3.61. The summed E-state index contributed by atoms with van der Waals surface area (Å²) in [5, 5.41) is 29.5. The molecule has 1 saturated heterocycles. The van der Waals surface area contributed by atoms with Gasteiger partial charge in [-0.3, -0.25) is 0 Å². The van der Waals surface area contributed by atoms with Gasteiger partial charge in [-0.25, -0.2) is 9.31 Å². The second kappa shape index (κ2) is 5.66. The lowest BCUT2D eigenvalue weighted by Gasteiger charge is -2.25. The molecule has 2 aromatic rings. The summed E-state index contributed by atoms with van der Waals surface area (Å²) in [4.78, 5) is 11.3. The van der Waals surface area contributed by atoms with Crippen LogP contribution < -0.4 is 10.6 Å². The molecule has 0 bridgehead atoms. The highest BCUT2D eigenvalue weighted by atomic mass is 16.4. The first-order valence-electron chi connectivity index (χ1n) is 7.23. The lowest BCUT2D eigenvalue weighted by Crippen LogP contribution is -2.35. The number of aromatic nitrogens is 2. The molecule has 114 valence electrons. The normalized spacial score (nSPS) is 15.6. The molecule has 7 nitrogen and oxygen atoms in total. The number of rotatable bonds is 3. The first-order valence-corrected chi connectivity index (χ1v) is 7.23. The molecule has 3 rings (SSSR count). The molecule has 0 aromatic carbocycles. The first kappa shape index (κ1) is 14.4. The van der Waals surface area contributed by atoms with E-state index in [4.69, 9.17) is 0 Å². The predicted octanol–water partition coefficient (Wildman–Crippen LogP) is 1.38. The fourth-order valence-corrected chi connectivity index (χ4v) is 2.91. The zero-order valence-electron chi connectivity index (χ0n) is 12.3. The van der Waals surface area contributed by atoms with Crippen LogP contribution in [-0.4, -0.2) is 39.8 Å².